The number of ether oxygens (including phenoxy) is 2. The second-order valence-corrected chi connectivity index (χ2v) is 5.40. The van der Waals surface area contributed by atoms with E-state index >= 15 is 0 Å². The van der Waals surface area contributed by atoms with Crippen LogP contribution < -0.4 is 10.1 Å². The minimum absolute atomic E-state index is 0.242. The van der Waals surface area contributed by atoms with Crippen LogP contribution in [-0.2, 0) is 9.53 Å². The standard InChI is InChI=1S/C19H19NO5/c1-12(18(22)14-7-9-17(24-3)10-8-14)25-19(23)15-5-4-6-16(11-15)20-13(2)21/h4-12H,1-3H3,(H,20,21). The summed E-state index contributed by atoms with van der Waals surface area (Å²) in [6, 6.07) is 12.9. The fraction of sp³-hybridized carbons (Fsp3) is 0.211. The molecular weight excluding hydrogens is 322 g/mol. The summed E-state index contributed by atoms with van der Waals surface area (Å²) in [5, 5.41) is 2.59. The van der Waals surface area contributed by atoms with Gasteiger partial charge in [-0.3, -0.25) is 9.59 Å². The van der Waals surface area contributed by atoms with Crippen molar-refractivity contribution in [2.75, 3.05) is 12.4 Å². The van der Waals surface area contributed by atoms with E-state index in [1.165, 1.54) is 27.0 Å². The van der Waals surface area contributed by atoms with E-state index in [1.807, 2.05) is 0 Å². The van der Waals surface area contributed by atoms with Crippen LogP contribution in [0.5, 0.6) is 5.75 Å². The van der Waals surface area contributed by atoms with Gasteiger partial charge in [-0.05, 0) is 49.4 Å². The van der Waals surface area contributed by atoms with Gasteiger partial charge in [0.2, 0.25) is 11.7 Å². The molecule has 2 rings (SSSR count). The molecular formula is C19H19NO5. The van der Waals surface area contributed by atoms with Crippen LogP contribution in [0.2, 0.25) is 0 Å². The number of hydrogen-bond acceptors (Lipinski definition) is 5. The summed E-state index contributed by atoms with van der Waals surface area (Å²) < 4.78 is 10.3. The number of nitrogens with one attached hydrogen (secondary N) is 1. The molecule has 1 unspecified atom stereocenters. The quantitative estimate of drug-likeness (QED) is 0.645. The molecule has 0 spiro atoms. The summed E-state index contributed by atoms with van der Waals surface area (Å²) in [7, 11) is 1.54. The molecule has 0 aliphatic carbocycles. The minimum Gasteiger partial charge on any atom is -0.497 e. The number of esters is 1. The van der Waals surface area contributed by atoms with Gasteiger partial charge in [0.1, 0.15) is 5.75 Å². The zero-order valence-corrected chi connectivity index (χ0v) is 14.2. The fourth-order valence-corrected chi connectivity index (χ4v) is 2.20. The summed E-state index contributed by atoms with van der Waals surface area (Å²) in [4.78, 5) is 35.7. The first-order chi connectivity index (χ1) is 11.9. The molecule has 0 aliphatic rings. The van der Waals surface area contributed by atoms with Gasteiger partial charge in [-0.1, -0.05) is 6.07 Å². The number of anilines is 1. The van der Waals surface area contributed by atoms with Crippen molar-refractivity contribution >= 4 is 23.3 Å². The van der Waals surface area contributed by atoms with E-state index in [4.69, 9.17) is 9.47 Å². The van der Waals surface area contributed by atoms with Crippen molar-refractivity contribution in [1.82, 2.24) is 0 Å². The molecule has 0 bridgehead atoms. The molecule has 130 valence electrons. The zero-order valence-electron chi connectivity index (χ0n) is 14.2. The van der Waals surface area contributed by atoms with Gasteiger partial charge in [0.05, 0.1) is 12.7 Å². The van der Waals surface area contributed by atoms with Gasteiger partial charge in [0.15, 0.2) is 6.10 Å². The van der Waals surface area contributed by atoms with Gasteiger partial charge in [-0.25, -0.2) is 4.79 Å². The molecule has 0 radical (unpaired) electrons. The SMILES string of the molecule is COc1ccc(C(=O)C(C)OC(=O)c2cccc(NC(C)=O)c2)cc1. The van der Waals surface area contributed by atoms with Crippen molar-refractivity contribution in [1.29, 1.82) is 0 Å². The third kappa shape index (κ3) is 4.91. The number of rotatable bonds is 6. The number of carbonyl (C=O) groups excluding carboxylic acids is 3. The Bertz CT molecular complexity index is 783. The first kappa shape index (κ1) is 18.2. The molecule has 25 heavy (non-hydrogen) atoms. The minimum atomic E-state index is -0.940. The van der Waals surface area contributed by atoms with Crippen LogP contribution >= 0.6 is 0 Å². The lowest BCUT2D eigenvalue weighted by atomic mass is 10.1. The van der Waals surface area contributed by atoms with Crippen LogP contribution in [0.4, 0.5) is 5.69 Å². The van der Waals surface area contributed by atoms with Crippen LogP contribution in [0.15, 0.2) is 48.5 Å². The Hall–Kier alpha value is -3.15. The van der Waals surface area contributed by atoms with E-state index in [2.05, 4.69) is 5.32 Å². The molecule has 6 heteroatoms. The fourth-order valence-electron chi connectivity index (χ4n) is 2.20. The molecule has 0 heterocycles. The summed E-state index contributed by atoms with van der Waals surface area (Å²) in [5.74, 6) is -0.555. The Balaban J connectivity index is 2.05. The van der Waals surface area contributed by atoms with Crippen molar-refractivity contribution < 1.29 is 23.9 Å². The molecule has 1 amide bonds. The second kappa shape index (κ2) is 8.10. The van der Waals surface area contributed by atoms with Crippen molar-refractivity contribution in [3.8, 4) is 5.75 Å². The van der Waals surface area contributed by atoms with Gasteiger partial charge in [-0.15, -0.1) is 0 Å². The molecule has 1 atom stereocenters. The predicted molar refractivity (Wildman–Crippen MR) is 92.9 cm³/mol. The number of hydrogen-bond donors (Lipinski definition) is 1. The summed E-state index contributed by atoms with van der Waals surface area (Å²) in [6.45, 7) is 2.89. The third-order valence-corrected chi connectivity index (χ3v) is 3.45. The van der Waals surface area contributed by atoms with Crippen molar-refractivity contribution in [2.24, 2.45) is 0 Å². The van der Waals surface area contributed by atoms with Crippen LogP contribution in [0.25, 0.3) is 0 Å². The lowest BCUT2D eigenvalue weighted by Crippen LogP contribution is -2.24. The van der Waals surface area contributed by atoms with Crippen molar-refractivity contribution in [2.45, 2.75) is 20.0 Å². The van der Waals surface area contributed by atoms with Crippen molar-refractivity contribution in [3.63, 3.8) is 0 Å². The summed E-state index contributed by atoms with van der Waals surface area (Å²) >= 11 is 0. The first-order valence-electron chi connectivity index (χ1n) is 7.67. The number of benzene rings is 2. The highest BCUT2D eigenvalue weighted by Crippen LogP contribution is 2.16. The van der Waals surface area contributed by atoms with Gasteiger partial charge >= 0.3 is 5.97 Å². The van der Waals surface area contributed by atoms with E-state index in [1.54, 1.807) is 42.5 Å². The average molecular weight is 341 g/mol. The predicted octanol–water partition coefficient (Wildman–Crippen LogP) is 3.08. The highest BCUT2D eigenvalue weighted by Gasteiger charge is 2.20. The Morgan fingerprint density at radius 1 is 1.00 bits per heavy atom. The average Bonchev–Trinajstić information content (AvgIpc) is 2.60. The van der Waals surface area contributed by atoms with Crippen LogP contribution in [0.3, 0.4) is 0 Å². The second-order valence-electron chi connectivity index (χ2n) is 5.40. The molecule has 2 aromatic carbocycles. The number of ketones is 1. The van der Waals surface area contributed by atoms with Gasteiger partial charge in [0.25, 0.3) is 0 Å². The van der Waals surface area contributed by atoms with Crippen LogP contribution in [0, 0.1) is 0 Å². The van der Waals surface area contributed by atoms with Gasteiger partial charge < -0.3 is 14.8 Å². The van der Waals surface area contributed by atoms with Crippen molar-refractivity contribution in [3.05, 3.63) is 59.7 Å². The third-order valence-electron chi connectivity index (χ3n) is 3.45. The Morgan fingerprint density at radius 3 is 2.28 bits per heavy atom. The molecule has 1 N–H and O–H groups in total. The molecule has 0 aromatic heterocycles. The Labute approximate surface area is 145 Å². The monoisotopic (exact) mass is 341 g/mol. The van der Waals surface area contributed by atoms with Crippen LogP contribution in [-0.4, -0.2) is 30.9 Å². The lowest BCUT2D eigenvalue weighted by Gasteiger charge is -2.13. The molecule has 0 saturated heterocycles. The van der Waals surface area contributed by atoms with E-state index in [0.717, 1.165) is 0 Å². The Morgan fingerprint density at radius 2 is 1.68 bits per heavy atom. The maximum atomic E-state index is 12.3. The maximum absolute atomic E-state index is 12.3. The maximum Gasteiger partial charge on any atom is 0.338 e. The molecule has 0 saturated carbocycles. The summed E-state index contributed by atoms with van der Waals surface area (Å²) in [6.07, 6.45) is -0.940. The van der Waals surface area contributed by atoms with E-state index in [9.17, 15) is 14.4 Å². The Kier molecular flexibility index (Phi) is 5.89. The summed E-state index contributed by atoms with van der Waals surface area (Å²) in [5.41, 5.74) is 1.16. The number of carbonyl (C=O) groups is 3. The highest BCUT2D eigenvalue weighted by molar-refractivity contribution is 6.01. The van der Waals surface area contributed by atoms with E-state index in [-0.39, 0.29) is 17.3 Å². The molecule has 0 aliphatic heterocycles. The molecule has 2 aromatic rings. The van der Waals surface area contributed by atoms with Gasteiger partial charge in [-0.2, -0.15) is 0 Å². The normalized spacial score (nSPS) is 11.3. The number of Topliss-reactive ketones (excluding diaryl/α,β-unsaturated/α-hetero) is 1. The first-order valence-corrected chi connectivity index (χ1v) is 7.67. The highest BCUT2D eigenvalue weighted by atomic mass is 16.5. The number of amides is 1. The topological polar surface area (TPSA) is 81.7 Å². The van der Waals surface area contributed by atoms with E-state index in [0.29, 0.717) is 17.0 Å². The lowest BCUT2D eigenvalue weighted by molar-refractivity contribution is -0.114. The van der Waals surface area contributed by atoms with Crippen LogP contribution in [0.1, 0.15) is 34.6 Å². The largest absolute Gasteiger partial charge is 0.497 e. The molecule has 0 fully saturated rings. The number of methoxy groups -OCH3 is 1. The van der Waals surface area contributed by atoms with E-state index < -0.39 is 12.1 Å². The van der Waals surface area contributed by atoms with Gasteiger partial charge in [0, 0.05) is 18.2 Å². The smallest absolute Gasteiger partial charge is 0.338 e. The molecule has 6 nitrogen and oxygen atoms in total. The zero-order chi connectivity index (χ0) is 18.4.